The molecule has 0 spiro atoms. The fourth-order valence-electron chi connectivity index (χ4n) is 1.35. The topological polar surface area (TPSA) is 52.6 Å². The number of ether oxygens (including phenoxy) is 2. The minimum atomic E-state index is -0.447. The molecule has 1 rings (SSSR count). The number of carbonyl (C=O) groups is 2. The largest absolute Gasteiger partial charge is 0.423 e. The van der Waals surface area contributed by atoms with Crippen LogP contribution in [0.1, 0.15) is 19.4 Å². The summed E-state index contributed by atoms with van der Waals surface area (Å²) in [5, 5.41) is 0. The van der Waals surface area contributed by atoms with E-state index in [1.807, 2.05) is 6.07 Å². The highest BCUT2D eigenvalue weighted by molar-refractivity contribution is 7.16. The number of aryl methyl sites for hydroxylation is 1. The van der Waals surface area contributed by atoms with E-state index in [0.717, 1.165) is 18.1 Å². The van der Waals surface area contributed by atoms with Crippen molar-refractivity contribution in [2.75, 3.05) is 6.16 Å². The number of carbonyl (C=O) groups excluding carboxylic acids is 2. The molecular formula is C12H15O4P. The molecule has 1 aromatic carbocycles. The molecule has 4 nitrogen and oxygen atoms in total. The second kappa shape index (κ2) is 6.36. The Morgan fingerprint density at radius 3 is 2.24 bits per heavy atom. The minimum Gasteiger partial charge on any atom is -0.423 e. The maximum atomic E-state index is 11.0. The van der Waals surface area contributed by atoms with E-state index in [1.54, 1.807) is 12.1 Å². The first-order valence-corrected chi connectivity index (χ1v) is 6.04. The lowest BCUT2D eigenvalue weighted by atomic mass is 10.1. The van der Waals surface area contributed by atoms with E-state index in [-0.39, 0.29) is 11.5 Å². The van der Waals surface area contributed by atoms with Gasteiger partial charge in [-0.2, -0.15) is 0 Å². The van der Waals surface area contributed by atoms with Gasteiger partial charge in [0.1, 0.15) is 0 Å². The predicted molar refractivity (Wildman–Crippen MR) is 67.3 cm³/mol. The molecule has 0 amide bonds. The summed E-state index contributed by atoms with van der Waals surface area (Å²) < 4.78 is 9.97. The van der Waals surface area contributed by atoms with E-state index in [4.69, 9.17) is 9.47 Å². The minimum absolute atomic E-state index is 0.264. The zero-order valence-corrected chi connectivity index (χ0v) is 11.0. The summed E-state index contributed by atoms with van der Waals surface area (Å²) in [7, 11) is 2.62. The van der Waals surface area contributed by atoms with Gasteiger partial charge in [-0.3, -0.25) is 9.59 Å². The van der Waals surface area contributed by atoms with Crippen molar-refractivity contribution in [2.45, 2.75) is 20.3 Å². The summed E-state index contributed by atoms with van der Waals surface area (Å²) in [5.41, 5.74) is 1.02. The summed E-state index contributed by atoms with van der Waals surface area (Å²) in [4.78, 5) is 21.8. The zero-order valence-electron chi connectivity index (χ0n) is 9.86. The molecule has 1 unspecified atom stereocenters. The molecule has 92 valence electrons. The van der Waals surface area contributed by atoms with Crippen LogP contribution in [0.2, 0.25) is 0 Å². The van der Waals surface area contributed by atoms with Gasteiger partial charge in [-0.05, 0) is 30.3 Å². The molecule has 1 atom stereocenters. The van der Waals surface area contributed by atoms with Gasteiger partial charge in [-0.15, -0.1) is 9.24 Å². The second-order valence-electron chi connectivity index (χ2n) is 3.51. The Balaban J connectivity index is 3.02. The lowest BCUT2D eigenvalue weighted by Crippen LogP contribution is -2.07. The first-order chi connectivity index (χ1) is 8.02. The molecule has 0 N–H and O–H groups in total. The Morgan fingerprint density at radius 2 is 1.71 bits per heavy atom. The molecular weight excluding hydrogens is 239 g/mol. The molecule has 0 fully saturated rings. The third-order valence-corrected chi connectivity index (χ3v) is 2.24. The van der Waals surface area contributed by atoms with E-state index in [2.05, 4.69) is 9.24 Å². The van der Waals surface area contributed by atoms with Crippen molar-refractivity contribution in [2.24, 2.45) is 0 Å². The Kier molecular flexibility index (Phi) is 5.11. The van der Waals surface area contributed by atoms with Gasteiger partial charge in [0, 0.05) is 13.8 Å². The molecule has 17 heavy (non-hydrogen) atoms. The van der Waals surface area contributed by atoms with Crippen LogP contribution in [0.4, 0.5) is 0 Å². The molecule has 5 heteroatoms. The van der Waals surface area contributed by atoms with E-state index < -0.39 is 11.9 Å². The molecule has 0 heterocycles. The number of hydrogen-bond donors (Lipinski definition) is 0. The average molecular weight is 254 g/mol. The number of esters is 2. The van der Waals surface area contributed by atoms with Crippen molar-refractivity contribution in [3.8, 4) is 11.5 Å². The molecule has 0 radical (unpaired) electrons. The maximum Gasteiger partial charge on any atom is 0.308 e. The molecule has 0 aliphatic heterocycles. The molecule has 0 bridgehead atoms. The van der Waals surface area contributed by atoms with Crippen LogP contribution in [-0.4, -0.2) is 18.1 Å². The van der Waals surface area contributed by atoms with Gasteiger partial charge in [0.25, 0.3) is 0 Å². The van der Waals surface area contributed by atoms with E-state index in [9.17, 15) is 9.59 Å². The first kappa shape index (κ1) is 13.7. The van der Waals surface area contributed by atoms with E-state index >= 15 is 0 Å². The van der Waals surface area contributed by atoms with Crippen molar-refractivity contribution in [3.05, 3.63) is 23.8 Å². The molecule has 1 aromatic rings. The third-order valence-electron chi connectivity index (χ3n) is 1.95. The predicted octanol–water partition coefficient (Wildman–Crippen LogP) is 1.95. The van der Waals surface area contributed by atoms with Crippen molar-refractivity contribution < 1.29 is 19.1 Å². The van der Waals surface area contributed by atoms with Crippen molar-refractivity contribution >= 4 is 21.2 Å². The first-order valence-electron chi connectivity index (χ1n) is 5.22. The monoisotopic (exact) mass is 254 g/mol. The lowest BCUT2D eigenvalue weighted by molar-refractivity contribution is -0.134. The van der Waals surface area contributed by atoms with Crippen molar-refractivity contribution in [3.63, 3.8) is 0 Å². The fraction of sp³-hybridized carbons (Fsp3) is 0.333. The Hall–Kier alpha value is -1.41. The number of hydrogen-bond acceptors (Lipinski definition) is 4. The van der Waals surface area contributed by atoms with Gasteiger partial charge in [-0.25, -0.2) is 0 Å². The average Bonchev–Trinajstić information content (AvgIpc) is 2.21. The van der Waals surface area contributed by atoms with E-state index in [0.29, 0.717) is 0 Å². The van der Waals surface area contributed by atoms with Crippen LogP contribution in [-0.2, 0) is 16.0 Å². The summed E-state index contributed by atoms with van der Waals surface area (Å²) >= 11 is 0. The molecule has 0 saturated carbocycles. The van der Waals surface area contributed by atoms with Gasteiger partial charge in [0.05, 0.1) is 0 Å². The zero-order chi connectivity index (χ0) is 12.8. The molecule has 0 aliphatic carbocycles. The summed E-state index contributed by atoms with van der Waals surface area (Å²) in [6.45, 7) is 2.61. The van der Waals surface area contributed by atoms with Crippen LogP contribution in [0.25, 0.3) is 0 Å². The summed E-state index contributed by atoms with van der Waals surface area (Å²) in [5.74, 6) is -0.345. The standard InChI is InChI=1S/C12H15O4P/c1-8(13)15-11-4-3-10(5-6-17)7-12(11)16-9(2)14/h3-4,7H,5-6,17H2,1-2H3. The van der Waals surface area contributed by atoms with Gasteiger partial charge >= 0.3 is 11.9 Å². The SMILES string of the molecule is CC(=O)Oc1ccc(CCP)cc1OC(C)=O. The van der Waals surface area contributed by atoms with E-state index in [1.165, 1.54) is 13.8 Å². The Labute approximate surface area is 103 Å². The van der Waals surface area contributed by atoms with Crippen molar-refractivity contribution in [1.29, 1.82) is 0 Å². The highest BCUT2D eigenvalue weighted by atomic mass is 31.0. The van der Waals surface area contributed by atoms with Gasteiger partial charge < -0.3 is 9.47 Å². The van der Waals surface area contributed by atoms with Crippen LogP contribution in [0.5, 0.6) is 11.5 Å². The van der Waals surface area contributed by atoms with Crippen LogP contribution >= 0.6 is 9.24 Å². The fourth-order valence-corrected chi connectivity index (χ4v) is 1.68. The highest BCUT2D eigenvalue weighted by Gasteiger charge is 2.10. The Bertz CT molecular complexity index is 429. The number of rotatable bonds is 4. The van der Waals surface area contributed by atoms with Gasteiger partial charge in [0.2, 0.25) is 0 Å². The third kappa shape index (κ3) is 4.53. The van der Waals surface area contributed by atoms with Gasteiger partial charge in [0.15, 0.2) is 11.5 Å². The summed E-state index contributed by atoms with van der Waals surface area (Å²) in [6, 6.07) is 5.19. The summed E-state index contributed by atoms with van der Waals surface area (Å²) in [6.07, 6.45) is 1.76. The smallest absolute Gasteiger partial charge is 0.308 e. The molecule has 0 aliphatic rings. The molecule has 0 aromatic heterocycles. The van der Waals surface area contributed by atoms with Crippen LogP contribution in [0, 0.1) is 0 Å². The van der Waals surface area contributed by atoms with Crippen LogP contribution in [0.3, 0.4) is 0 Å². The number of benzene rings is 1. The lowest BCUT2D eigenvalue weighted by Gasteiger charge is -2.10. The second-order valence-corrected chi connectivity index (χ2v) is 4.08. The van der Waals surface area contributed by atoms with Crippen molar-refractivity contribution in [1.82, 2.24) is 0 Å². The normalized spacial score (nSPS) is 9.82. The van der Waals surface area contributed by atoms with Crippen LogP contribution < -0.4 is 9.47 Å². The van der Waals surface area contributed by atoms with Gasteiger partial charge in [-0.1, -0.05) is 6.07 Å². The maximum absolute atomic E-state index is 11.0. The molecule has 0 saturated heterocycles. The highest BCUT2D eigenvalue weighted by Crippen LogP contribution is 2.29. The quantitative estimate of drug-likeness (QED) is 0.468. The van der Waals surface area contributed by atoms with Crippen LogP contribution in [0.15, 0.2) is 18.2 Å². The Morgan fingerprint density at radius 1 is 1.12 bits per heavy atom.